The van der Waals surface area contributed by atoms with Gasteiger partial charge >= 0.3 is 0 Å². The molecule has 23 heavy (non-hydrogen) atoms. The average molecular weight is 321 g/mol. The van der Waals surface area contributed by atoms with E-state index in [1.165, 1.54) is 0 Å². The molecule has 0 radical (unpaired) electrons. The lowest BCUT2D eigenvalue weighted by Gasteiger charge is -2.32. The molecule has 0 spiro atoms. The Labute approximate surface area is 137 Å². The van der Waals surface area contributed by atoms with Crippen molar-refractivity contribution in [2.24, 2.45) is 4.99 Å². The summed E-state index contributed by atoms with van der Waals surface area (Å²) in [5, 5.41) is 16.9. The van der Waals surface area contributed by atoms with Crippen molar-refractivity contribution in [2.75, 3.05) is 33.4 Å². The third kappa shape index (κ3) is 5.41. The molecule has 1 aliphatic heterocycles. The molecule has 0 bridgehead atoms. The Morgan fingerprint density at radius 1 is 1.30 bits per heavy atom. The van der Waals surface area contributed by atoms with Crippen molar-refractivity contribution in [1.82, 2.24) is 10.6 Å². The van der Waals surface area contributed by atoms with Crippen molar-refractivity contribution < 1.29 is 14.6 Å². The van der Waals surface area contributed by atoms with Crippen LogP contribution in [-0.2, 0) is 11.3 Å². The number of hydrogen-bond donors (Lipinski definition) is 3. The largest absolute Gasteiger partial charge is 0.496 e. The zero-order valence-electron chi connectivity index (χ0n) is 14.0. The van der Waals surface area contributed by atoms with Gasteiger partial charge in [0.05, 0.1) is 19.3 Å². The van der Waals surface area contributed by atoms with Crippen LogP contribution >= 0.6 is 0 Å². The van der Waals surface area contributed by atoms with Gasteiger partial charge in [-0.3, -0.25) is 0 Å². The highest BCUT2D eigenvalue weighted by Gasteiger charge is 2.29. The zero-order chi connectivity index (χ0) is 16.5. The molecular weight excluding hydrogens is 294 g/mol. The van der Waals surface area contributed by atoms with Gasteiger partial charge < -0.3 is 25.2 Å². The fourth-order valence-corrected chi connectivity index (χ4v) is 2.52. The first-order chi connectivity index (χ1) is 11.2. The number of nitrogens with one attached hydrogen (secondary N) is 2. The molecule has 128 valence electrons. The fraction of sp³-hybridized carbons (Fsp3) is 0.588. The summed E-state index contributed by atoms with van der Waals surface area (Å²) in [4.78, 5) is 4.58. The normalized spacial score (nSPS) is 17.6. The number of methoxy groups -OCH3 is 1. The number of para-hydroxylation sites is 1. The van der Waals surface area contributed by atoms with E-state index in [2.05, 4.69) is 15.6 Å². The lowest BCUT2D eigenvalue weighted by Crippen LogP contribution is -2.49. The van der Waals surface area contributed by atoms with Gasteiger partial charge in [-0.05, 0) is 13.0 Å². The van der Waals surface area contributed by atoms with Gasteiger partial charge in [0.2, 0.25) is 0 Å². The molecule has 0 aliphatic carbocycles. The minimum atomic E-state index is -0.723. The molecule has 1 aliphatic rings. The van der Waals surface area contributed by atoms with E-state index in [4.69, 9.17) is 9.47 Å². The van der Waals surface area contributed by atoms with Crippen LogP contribution in [0.2, 0.25) is 0 Å². The summed E-state index contributed by atoms with van der Waals surface area (Å²) in [5.41, 5.74) is 0.302. The Balaban J connectivity index is 1.96. The summed E-state index contributed by atoms with van der Waals surface area (Å²) in [6.45, 7) is 4.97. The average Bonchev–Trinajstić information content (AvgIpc) is 2.58. The maximum Gasteiger partial charge on any atom is 0.191 e. The second-order valence-corrected chi connectivity index (χ2v) is 5.70. The maximum atomic E-state index is 10.5. The molecule has 0 aromatic heterocycles. The molecule has 1 aromatic carbocycles. The van der Waals surface area contributed by atoms with Crippen LogP contribution in [0.5, 0.6) is 5.75 Å². The molecular formula is C17H27N3O3. The van der Waals surface area contributed by atoms with Gasteiger partial charge in [0.15, 0.2) is 5.96 Å². The van der Waals surface area contributed by atoms with Gasteiger partial charge in [0.25, 0.3) is 0 Å². The van der Waals surface area contributed by atoms with Crippen molar-refractivity contribution in [3.05, 3.63) is 29.8 Å². The first kappa shape index (κ1) is 17.6. The van der Waals surface area contributed by atoms with E-state index >= 15 is 0 Å². The van der Waals surface area contributed by atoms with E-state index < -0.39 is 5.60 Å². The fourth-order valence-electron chi connectivity index (χ4n) is 2.52. The number of nitrogens with zero attached hydrogens (tertiary/aromatic N) is 1. The van der Waals surface area contributed by atoms with Crippen LogP contribution in [0, 0.1) is 0 Å². The first-order valence-electron chi connectivity index (χ1n) is 8.11. The molecule has 0 atom stereocenters. The Hall–Kier alpha value is -1.79. The monoisotopic (exact) mass is 321 g/mol. The second kappa shape index (κ2) is 8.74. The lowest BCUT2D eigenvalue weighted by molar-refractivity contribution is -0.0594. The minimum Gasteiger partial charge on any atom is -0.496 e. The van der Waals surface area contributed by atoms with Gasteiger partial charge in [-0.1, -0.05) is 18.2 Å². The predicted molar refractivity (Wildman–Crippen MR) is 90.8 cm³/mol. The molecule has 6 heteroatoms. The van der Waals surface area contributed by atoms with E-state index in [0.717, 1.165) is 17.9 Å². The second-order valence-electron chi connectivity index (χ2n) is 5.70. The van der Waals surface area contributed by atoms with Crippen molar-refractivity contribution >= 4 is 5.96 Å². The van der Waals surface area contributed by atoms with Crippen LogP contribution in [-0.4, -0.2) is 50.1 Å². The molecule has 1 aromatic rings. The van der Waals surface area contributed by atoms with Crippen LogP contribution in [0.3, 0.4) is 0 Å². The molecule has 1 saturated heterocycles. The number of guanidine groups is 1. The third-order valence-corrected chi connectivity index (χ3v) is 3.95. The number of benzene rings is 1. The zero-order valence-corrected chi connectivity index (χ0v) is 14.0. The van der Waals surface area contributed by atoms with Crippen LogP contribution < -0.4 is 15.4 Å². The Morgan fingerprint density at radius 3 is 2.74 bits per heavy atom. The van der Waals surface area contributed by atoms with Gasteiger partial charge in [0, 0.05) is 44.7 Å². The van der Waals surface area contributed by atoms with E-state index in [-0.39, 0.29) is 0 Å². The van der Waals surface area contributed by atoms with E-state index in [1.807, 2.05) is 31.2 Å². The summed E-state index contributed by atoms with van der Waals surface area (Å²) in [6.07, 6.45) is 1.29. The van der Waals surface area contributed by atoms with Crippen LogP contribution in [0.4, 0.5) is 0 Å². The smallest absolute Gasteiger partial charge is 0.191 e. The summed E-state index contributed by atoms with van der Waals surface area (Å²) in [7, 11) is 1.66. The number of rotatable bonds is 6. The highest BCUT2D eigenvalue weighted by molar-refractivity contribution is 5.79. The highest BCUT2D eigenvalue weighted by Crippen LogP contribution is 2.20. The standard InChI is InChI=1S/C17H27N3O3/c1-3-18-16(20-13-17(21)8-10-23-11-9-17)19-12-14-6-4-5-7-15(14)22-2/h4-7,21H,3,8-13H2,1-2H3,(H2,18,19,20). The van der Waals surface area contributed by atoms with E-state index in [9.17, 15) is 5.11 Å². The van der Waals surface area contributed by atoms with E-state index in [0.29, 0.717) is 45.1 Å². The Kier molecular flexibility index (Phi) is 6.67. The molecule has 1 fully saturated rings. The molecule has 1 heterocycles. The number of aliphatic imine (C=N–C) groups is 1. The number of ether oxygens (including phenoxy) is 2. The van der Waals surface area contributed by atoms with Gasteiger partial charge in [-0.25, -0.2) is 4.99 Å². The number of aliphatic hydroxyl groups is 1. The van der Waals surface area contributed by atoms with Gasteiger partial charge in [-0.15, -0.1) is 0 Å². The molecule has 2 rings (SSSR count). The molecule has 0 saturated carbocycles. The first-order valence-corrected chi connectivity index (χ1v) is 8.11. The summed E-state index contributed by atoms with van der Waals surface area (Å²) in [5.74, 6) is 1.52. The Morgan fingerprint density at radius 2 is 2.04 bits per heavy atom. The quantitative estimate of drug-likeness (QED) is 0.544. The lowest BCUT2D eigenvalue weighted by atomic mass is 9.94. The summed E-state index contributed by atoms with van der Waals surface area (Å²) >= 11 is 0. The maximum absolute atomic E-state index is 10.5. The molecule has 0 amide bonds. The topological polar surface area (TPSA) is 75.1 Å². The van der Waals surface area contributed by atoms with Crippen LogP contribution in [0.1, 0.15) is 25.3 Å². The molecule has 0 unspecified atom stereocenters. The minimum absolute atomic E-state index is 0.466. The van der Waals surface area contributed by atoms with Crippen molar-refractivity contribution in [3.8, 4) is 5.75 Å². The molecule has 3 N–H and O–H groups in total. The van der Waals surface area contributed by atoms with Crippen LogP contribution in [0.15, 0.2) is 29.3 Å². The van der Waals surface area contributed by atoms with Crippen molar-refractivity contribution in [2.45, 2.75) is 31.9 Å². The molecule has 6 nitrogen and oxygen atoms in total. The van der Waals surface area contributed by atoms with Crippen LogP contribution in [0.25, 0.3) is 0 Å². The highest BCUT2D eigenvalue weighted by atomic mass is 16.5. The SMILES string of the molecule is CCNC(=NCc1ccccc1OC)NCC1(O)CCOCC1. The number of hydrogen-bond acceptors (Lipinski definition) is 4. The third-order valence-electron chi connectivity index (χ3n) is 3.95. The summed E-state index contributed by atoms with van der Waals surface area (Å²) in [6, 6.07) is 7.84. The Bertz CT molecular complexity index is 514. The predicted octanol–water partition coefficient (Wildman–Crippen LogP) is 1.29. The van der Waals surface area contributed by atoms with Gasteiger partial charge in [0.1, 0.15) is 5.75 Å². The van der Waals surface area contributed by atoms with Gasteiger partial charge in [-0.2, -0.15) is 0 Å². The summed E-state index contributed by atoms with van der Waals surface area (Å²) < 4.78 is 10.6. The van der Waals surface area contributed by atoms with Crippen molar-refractivity contribution in [3.63, 3.8) is 0 Å². The van der Waals surface area contributed by atoms with E-state index in [1.54, 1.807) is 7.11 Å². The van der Waals surface area contributed by atoms with Crippen molar-refractivity contribution in [1.29, 1.82) is 0 Å².